The van der Waals surface area contributed by atoms with Crippen molar-refractivity contribution < 1.29 is 31.9 Å². The molecule has 0 amide bonds. The summed E-state index contributed by atoms with van der Waals surface area (Å²) in [6, 6.07) is 7.47. The van der Waals surface area contributed by atoms with Crippen molar-refractivity contribution in [3.63, 3.8) is 0 Å². The highest BCUT2D eigenvalue weighted by Crippen LogP contribution is 2.20. The predicted octanol–water partition coefficient (Wildman–Crippen LogP) is 2.10. The highest BCUT2D eigenvalue weighted by atomic mass is 32.2. The molecule has 1 heterocycles. The number of sulfonamides is 1. The van der Waals surface area contributed by atoms with Gasteiger partial charge in [0, 0.05) is 0 Å². The van der Waals surface area contributed by atoms with E-state index < -0.39 is 22.0 Å². The average molecular weight is 367 g/mol. The molecule has 0 bridgehead atoms. The van der Waals surface area contributed by atoms with Crippen LogP contribution in [-0.4, -0.2) is 33.7 Å². The van der Waals surface area contributed by atoms with Crippen molar-refractivity contribution in [1.82, 2.24) is 0 Å². The molecule has 0 fully saturated rings. The van der Waals surface area contributed by atoms with Crippen LogP contribution in [0.4, 0.5) is 5.69 Å². The van der Waals surface area contributed by atoms with Gasteiger partial charge in [0.15, 0.2) is 0 Å². The number of ether oxygens (including phenoxy) is 2. The third kappa shape index (κ3) is 4.83. The Kier molecular flexibility index (Phi) is 5.48. The number of carbonyl (C=O) groups excluding carboxylic acids is 2. The minimum atomic E-state index is -3.54. The number of hydrogen-bond donors (Lipinski definition) is 1. The number of carbonyl (C=O) groups is 2. The summed E-state index contributed by atoms with van der Waals surface area (Å²) in [4.78, 5) is 23.7. The molecule has 1 N–H and O–H groups in total. The maximum absolute atomic E-state index is 12.2. The molecule has 0 spiro atoms. The van der Waals surface area contributed by atoms with E-state index in [0.29, 0.717) is 5.76 Å². The number of nitrogens with one attached hydrogen (secondary N) is 1. The third-order valence-electron chi connectivity index (χ3n) is 3.16. The maximum atomic E-state index is 12.2. The van der Waals surface area contributed by atoms with Gasteiger partial charge in [0.05, 0.1) is 24.6 Å². The van der Waals surface area contributed by atoms with Crippen molar-refractivity contribution >= 4 is 27.6 Å². The van der Waals surface area contributed by atoms with Gasteiger partial charge in [-0.05, 0) is 25.1 Å². The molecular weight excluding hydrogens is 350 g/mol. The van der Waals surface area contributed by atoms with Crippen molar-refractivity contribution in [2.75, 3.05) is 18.1 Å². The zero-order valence-corrected chi connectivity index (χ0v) is 14.7. The lowest BCUT2D eigenvalue weighted by Crippen LogP contribution is -2.14. The monoisotopic (exact) mass is 367 g/mol. The van der Waals surface area contributed by atoms with Crippen LogP contribution in [-0.2, 0) is 26.1 Å². The molecule has 0 atom stereocenters. The molecule has 2 rings (SSSR count). The molecule has 0 unspecified atom stereocenters. The van der Waals surface area contributed by atoms with Gasteiger partial charge < -0.3 is 13.9 Å². The summed E-state index contributed by atoms with van der Waals surface area (Å²) in [5, 5.41) is 0. The lowest BCUT2D eigenvalue weighted by atomic mass is 10.2. The first kappa shape index (κ1) is 18.5. The van der Waals surface area contributed by atoms with E-state index in [1.165, 1.54) is 25.3 Å². The van der Waals surface area contributed by atoms with Crippen LogP contribution in [0, 0.1) is 6.92 Å². The maximum Gasteiger partial charge on any atom is 0.341 e. The van der Waals surface area contributed by atoms with Gasteiger partial charge >= 0.3 is 11.9 Å². The number of anilines is 1. The molecule has 0 saturated carbocycles. The Morgan fingerprint density at radius 2 is 1.84 bits per heavy atom. The zero-order valence-electron chi connectivity index (χ0n) is 13.9. The minimum absolute atomic E-state index is 0.0596. The third-order valence-corrected chi connectivity index (χ3v) is 3.75. The topological polar surface area (TPSA) is 112 Å². The second kappa shape index (κ2) is 7.39. The summed E-state index contributed by atoms with van der Waals surface area (Å²) >= 11 is 0. The second-order valence-corrected chi connectivity index (χ2v) is 6.92. The molecule has 0 radical (unpaired) electrons. The summed E-state index contributed by atoms with van der Waals surface area (Å²) in [7, 11) is -2.29. The second-order valence-electron chi connectivity index (χ2n) is 5.17. The molecule has 9 heteroatoms. The summed E-state index contributed by atoms with van der Waals surface area (Å²) in [5.41, 5.74) is 0.415. The molecule has 2 aromatic rings. The fourth-order valence-corrected chi connectivity index (χ4v) is 2.67. The molecule has 134 valence electrons. The molecule has 0 saturated heterocycles. The Bertz CT molecular complexity index is 899. The quantitative estimate of drug-likeness (QED) is 0.778. The Morgan fingerprint density at radius 3 is 2.48 bits per heavy atom. The number of esters is 2. The molecule has 25 heavy (non-hydrogen) atoms. The minimum Gasteiger partial charge on any atom is -0.465 e. The molecular formula is C16H17NO7S. The van der Waals surface area contributed by atoms with Gasteiger partial charge in [-0.15, -0.1) is 0 Å². The lowest BCUT2D eigenvalue weighted by molar-refractivity contribution is 0.0445. The van der Waals surface area contributed by atoms with Crippen molar-refractivity contribution in [3.05, 3.63) is 53.0 Å². The van der Waals surface area contributed by atoms with Gasteiger partial charge in [0.2, 0.25) is 10.0 Å². The summed E-state index contributed by atoms with van der Waals surface area (Å²) in [6.07, 6.45) is 0.981. The van der Waals surface area contributed by atoms with Crippen LogP contribution in [0.3, 0.4) is 0 Å². The number of para-hydroxylation sites is 1. The van der Waals surface area contributed by atoms with Gasteiger partial charge in [0.1, 0.15) is 23.7 Å². The molecule has 0 aliphatic heterocycles. The summed E-state index contributed by atoms with van der Waals surface area (Å²) < 4.78 is 40.1. The number of furan rings is 1. The zero-order chi connectivity index (χ0) is 18.6. The van der Waals surface area contributed by atoms with E-state index in [1.807, 2.05) is 0 Å². The fraction of sp³-hybridized carbons (Fsp3) is 0.250. The van der Waals surface area contributed by atoms with Gasteiger partial charge in [-0.1, -0.05) is 12.1 Å². The molecule has 0 aliphatic carbocycles. The number of rotatable bonds is 6. The van der Waals surface area contributed by atoms with Crippen LogP contribution < -0.4 is 4.72 Å². The van der Waals surface area contributed by atoms with E-state index in [9.17, 15) is 18.0 Å². The van der Waals surface area contributed by atoms with Crippen LogP contribution in [0.15, 0.2) is 34.7 Å². The Hall–Kier alpha value is -2.81. The Balaban J connectivity index is 2.12. The van der Waals surface area contributed by atoms with E-state index in [-0.39, 0.29) is 29.2 Å². The first-order chi connectivity index (χ1) is 11.7. The van der Waals surface area contributed by atoms with E-state index in [4.69, 9.17) is 9.15 Å². The van der Waals surface area contributed by atoms with Crippen molar-refractivity contribution in [2.45, 2.75) is 13.5 Å². The van der Waals surface area contributed by atoms with Crippen LogP contribution in [0.5, 0.6) is 0 Å². The molecule has 0 aliphatic rings. The Labute approximate surface area is 144 Å². The number of methoxy groups -OCH3 is 1. The van der Waals surface area contributed by atoms with E-state index in [2.05, 4.69) is 9.46 Å². The van der Waals surface area contributed by atoms with Crippen LogP contribution in [0.2, 0.25) is 0 Å². The largest absolute Gasteiger partial charge is 0.465 e. The summed E-state index contributed by atoms with van der Waals surface area (Å²) in [6.45, 7) is 1.37. The fourth-order valence-electron chi connectivity index (χ4n) is 2.09. The van der Waals surface area contributed by atoms with E-state index in [1.54, 1.807) is 19.1 Å². The van der Waals surface area contributed by atoms with Gasteiger partial charge in [0.25, 0.3) is 0 Å². The van der Waals surface area contributed by atoms with Gasteiger partial charge in [-0.3, -0.25) is 4.72 Å². The average Bonchev–Trinajstić information content (AvgIpc) is 2.92. The molecule has 8 nitrogen and oxygen atoms in total. The molecule has 1 aromatic heterocycles. The van der Waals surface area contributed by atoms with Gasteiger partial charge in [-0.25, -0.2) is 18.0 Å². The van der Waals surface area contributed by atoms with Gasteiger partial charge in [-0.2, -0.15) is 0 Å². The number of benzene rings is 1. The Morgan fingerprint density at radius 1 is 1.16 bits per heavy atom. The van der Waals surface area contributed by atoms with Crippen molar-refractivity contribution in [3.8, 4) is 0 Å². The highest BCUT2D eigenvalue weighted by molar-refractivity contribution is 7.92. The van der Waals surface area contributed by atoms with Crippen LogP contribution in [0.1, 0.15) is 32.2 Å². The van der Waals surface area contributed by atoms with Crippen LogP contribution in [0.25, 0.3) is 0 Å². The first-order valence-electron chi connectivity index (χ1n) is 7.13. The molecule has 1 aromatic carbocycles. The lowest BCUT2D eigenvalue weighted by Gasteiger charge is -2.09. The normalized spacial score (nSPS) is 11.0. The smallest absolute Gasteiger partial charge is 0.341 e. The summed E-state index contributed by atoms with van der Waals surface area (Å²) in [5.74, 6) is -0.682. The number of aryl methyl sites for hydroxylation is 1. The first-order valence-corrected chi connectivity index (χ1v) is 9.02. The SMILES string of the molecule is COC(=O)c1cc(COC(=O)c2ccccc2NS(C)(=O)=O)oc1C. The standard InChI is InChI=1S/C16H17NO7S/c1-10-13(15(18)22-2)8-11(24-10)9-23-16(19)12-6-4-5-7-14(12)17-25(3,20)21/h4-8,17H,9H2,1-3H3. The highest BCUT2D eigenvalue weighted by Gasteiger charge is 2.18. The van der Waals surface area contributed by atoms with E-state index >= 15 is 0 Å². The number of hydrogen-bond acceptors (Lipinski definition) is 7. The van der Waals surface area contributed by atoms with Crippen LogP contribution >= 0.6 is 0 Å². The van der Waals surface area contributed by atoms with Crippen molar-refractivity contribution in [2.24, 2.45) is 0 Å². The van der Waals surface area contributed by atoms with E-state index in [0.717, 1.165) is 6.26 Å². The predicted molar refractivity (Wildman–Crippen MR) is 88.8 cm³/mol. The van der Waals surface area contributed by atoms with Crippen molar-refractivity contribution in [1.29, 1.82) is 0 Å².